The Morgan fingerprint density at radius 1 is 0.839 bits per heavy atom. The minimum absolute atomic E-state index is 0.0591. The summed E-state index contributed by atoms with van der Waals surface area (Å²) < 4.78 is 6.47. The summed E-state index contributed by atoms with van der Waals surface area (Å²) in [5.41, 5.74) is 7.15. The number of carbonyl (C=O) groups excluding carboxylic acids is 1. The van der Waals surface area contributed by atoms with Crippen molar-refractivity contribution in [2.24, 2.45) is 0 Å². The summed E-state index contributed by atoms with van der Waals surface area (Å²) in [5.74, 6) is 1.46. The van der Waals surface area contributed by atoms with Gasteiger partial charge in [0.1, 0.15) is 17.0 Å². The maximum Gasteiger partial charge on any atom is 0.252 e. The predicted octanol–water partition coefficient (Wildman–Crippen LogP) is 5.31. The fourth-order valence-electron chi connectivity index (χ4n) is 4.89. The number of benzene rings is 3. The van der Waals surface area contributed by atoms with E-state index in [4.69, 9.17) is 4.74 Å². The van der Waals surface area contributed by atoms with Crippen molar-refractivity contribution in [3.05, 3.63) is 81.9 Å². The maximum atomic E-state index is 13.1. The molecule has 0 atom stereocenters. The number of fused-ring (bicyclic) bond motifs is 6. The van der Waals surface area contributed by atoms with E-state index in [2.05, 4.69) is 67.9 Å². The van der Waals surface area contributed by atoms with Crippen molar-refractivity contribution in [2.45, 2.75) is 33.2 Å². The van der Waals surface area contributed by atoms with Crippen LogP contribution in [0.3, 0.4) is 0 Å². The van der Waals surface area contributed by atoms with Crippen molar-refractivity contribution < 1.29 is 9.53 Å². The number of hydrogen-bond acceptors (Lipinski definition) is 4. The van der Waals surface area contributed by atoms with Gasteiger partial charge in [-0.3, -0.25) is 4.79 Å². The molecule has 5 nitrogen and oxygen atoms in total. The Morgan fingerprint density at radius 2 is 1.39 bits per heavy atom. The molecule has 0 radical (unpaired) electrons. The predicted molar refractivity (Wildman–Crippen MR) is 125 cm³/mol. The molecule has 0 aliphatic carbocycles. The van der Waals surface area contributed by atoms with Crippen LogP contribution in [-0.2, 0) is 5.54 Å². The number of anilines is 2. The van der Waals surface area contributed by atoms with E-state index in [0.29, 0.717) is 5.56 Å². The Kier molecular flexibility index (Phi) is 4.43. The first-order valence-corrected chi connectivity index (χ1v) is 10.9. The summed E-state index contributed by atoms with van der Waals surface area (Å²) in [6, 6.07) is 16.3. The summed E-state index contributed by atoms with van der Waals surface area (Å²) in [7, 11) is 0. The molecule has 0 saturated carbocycles. The van der Waals surface area contributed by atoms with E-state index in [-0.39, 0.29) is 5.91 Å². The number of rotatable bonds is 4. The molecule has 158 valence electrons. The van der Waals surface area contributed by atoms with Crippen LogP contribution in [-0.4, -0.2) is 19.0 Å². The van der Waals surface area contributed by atoms with Gasteiger partial charge in [-0.1, -0.05) is 18.2 Å². The van der Waals surface area contributed by atoms with Gasteiger partial charge >= 0.3 is 0 Å². The molecule has 5 rings (SSSR count). The Labute approximate surface area is 182 Å². The topological polar surface area (TPSA) is 62.4 Å². The molecule has 0 bridgehead atoms. The number of aryl methyl sites for hydroxylation is 2. The first-order chi connectivity index (χ1) is 15.0. The first kappa shape index (κ1) is 19.5. The lowest BCUT2D eigenvalue weighted by atomic mass is 9.74. The molecule has 5 heteroatoms. The van der Waals surface area contributed by atoms with Crippen LogP contribution in [0, 0.1) is 13.8 Å². The Morgan fingerprint density at radius 3 is 1.94 bits per heavy atom. The molecule has 3 aromatic rings. The smallest absolute Gasteiger partial charge is 0.252 e. The van der Waals surface area contributed by atoms with Crippen LogP contribution in [0.25, 0.3) is 0 Å². The molecule has 1 spiro atoms. The van der Waals surface area contributed by atoms with Gasteiger partial charge in [-0.25, -0.2) is 0 Å². The maximum absolute atomic E-state index is 13.1. The quantitative estimate of drug-likeness (QED) is 0.543. The standard InChI is InChI=1S/C26H27N3O2/c1-5-27-21-13-23-19(11-15(21)3)26(18-10-8-7-9-17(18)25(30)29-26)20-12-16(4)22(28-6-2)14-24(20)31-23/h7-14,27-28H,5-6H2,1-4H3,(H,29,30). The normalized spacial score (nSPS) is 14.9. The average Bonchev–Trinajstić information content (AvgIpc) is 3.05. The molecule has 0 saturated heterocycles. The highest BCUT2D eigenvalue weighted by atomic mass is 16.5. The summed E-state index contributed by atoms with van der Waals surface area (Å²) >= 11 is 0. The molecule has 1 amide bonds. The van der Waals surface area contributed by atoms with Gasteiger partial charge in [0.25, 0.3) is 5.91 Å². The van der Waals surface area contributed by atoms with Gasteiger partial charge in [-0.2, -0.15) is 0 Å². The minimum Gasteiger partial charge on any atom is -0.456 e. The van der Waals surface area contributed by atoms with Crippen LogP contribution in [0.5, 0.6) is 11.5 Å². The van der Waals surface area contributed by atoms with Crippen molar-refractivity contribution in [3.63, 3.8) is 0 Å². The van der Waals surface area contributed by atoms with E-state index in [1.807, 2.05) is 24.3 Å². The third-order valence-electron chi connectivity index (χ3n) is 6.29. The number of ether oxygens (including phenoxy) is 1. The molecule has 2 aliphatic rings. The lowest BCUT2D eigenvalue weighted by molar-refractivity contribution is 0.0946. The van der Waals surface area contributed by atoms with E-state index in [1.165, 1.54) is 0 Å². The minimum atomic E-state index is -0.776. The highest BCUT2D eigenvalue weighted by molar-refractivity contribution is 6.02. The number of carbonyl (C=O) groups is 1. The summed E-state index contributed by atoms with van der Waals surface area (Å²) in [5, 5.41) is 10.2. The van der Waals surface area contributed by atoms with Gasteiger partial charge in [-0.05, 0) is 62.6 Å². The monoisotopic (exact) mass is 413 g/mol. The van der Waals surface area contributed by atoms with E-state index in [9.17, 15) is 4.79 Å². The van der Waals surface area contributed by atoms with Gasteiger partial charge < -0.3 is 20.7 Å². The van der Waals surface area contributed by atoms with Crippen LogP contribution in [0.15, 0.2) is 48.5 Å². The highest BCUT2D eigenvalue weighted by Gasteiger charge is 2.51. The first-order valence-electron chi connectivity index (χ1n) is 10.9. The number of amides is 1. The molecule has 3 aromatic carbocycles. The molecular weight excluding hydrogens is 386 g/mol. The Bertz CT molecular complexity index is 1150. The molecule has 31 heavy (non-hydrogen) atoms. The summed E-state index contributed by atoms with van der Waals surface area (Å²) in [4.78, 5) is 13.1. The lowest BCUT2D eigenvalue weighted by Crippen LogP contribution is -2.43. The van der Waals surface area contributed by atoms with Gasteiger partial charge in [0.15, 0.2) is 0 Å². The van der Waals surface area contributed by atoms with Crippen LogP contribution >= 0.6 is 0 Å². The van der Waals surface area contributed by atoms with Crippen molar-refractivity contribution in [3.8, 4) is 11.5 Å². The van der Waals surface area contributed by atoms with Gasteiger partial charge in [0.2, 0.25) is 0 Å². The van der Waals surface area contributed by atoms with E-state index in [0.717, 1.165) is 63.8 Å². The van der Waals surface area contributed by atoms with Crippen LogP contribution in [0.1, 0.15) is 52.0 Å². The van der Waals surface area contributed by atoms with Gasteiger partial charge in [-0.15, -0.1) is 0 Å². The SMILES string of the molecule is CCNc1cc2c(cc1C)C1(NC(=O)c3ccccc31)c1cc(C)c(NCC)cc1O2. The zero-order valence-corrected chi connectivity index (χ0v) is 18.3. The van der Waals surface area contributed by atoms with Crippen LogP contribution < -0.4 is 20.7 Å². The lowest BCUT2D eigenvalue weighted by Gasteiger charge is -2.39. The molecule has 0 aromatic heterocycles. The van der Waals surface area contributed by atoms with Crippen molar-refractivity contribution in [1.29, 1.82) is 0 Å². The van der Waals surface area contributed by atoms with E-state index in [1.54, 1.807) is 0 Å². The van der Waals surface area contributed by atoms with Crippen molar-refractivity contribution in [2.75, 3.05) is 23.7 Å². The van der Waals surface area contributed by atoms with Gasteiger partial charge in [0.05, 0.1) is 0 Å². The molecular formula is C26H27N3O2. The number of hydrogen-bond donors (Lipinski definition) is 3. The average molecular weight is 414 g/mol. The molecule has 0 fully saturated rings. The number of nitrogens with one attached hydrogen (secondary N) is 3. The summed E-state index contributed by atoms with van der Waals surface area (Å²) in [6.07, 6.45) is 0. The van der Waals surface area contributed by atoms with E-state index < -0.39 is 5.54 Å². The second-order valence-corrected chi connectivity index (χ2v) is 8.24. The molecule has 2 heterocycles. The van der Waals surface area contributed by atoms with Gasteiger partial charge in [0, 0.05) is 53.3 Å². The summed E-state index contributed by atoms with van der Waals surface area (Å²) in [6.45, 7) is 9.98. The zero-order chi connectivity index (χ0) is 21.8. The van der Waals surface area contributed by atoms with Crippen LogP contribution in [0.2, 0.25) is 0 Å². The van der Waals surface area contributed by atoms with E-state index >= 15 is 0 Å². The second kappa shape index (κ2) is 7.05. The largest absolute Gasteiger partial charge is 0.456 e. The highest BCUT2D eigenvalue weighted by Crippen LogP contribution is 2.54. The molecule has 2 aliphatic heterocycles. The second-order valence-electron chi connectivity index (χ2n) is 8.24. The third-order valence-corrected chi connectivity index (χ3v) is 6.29. The molecule has 0 unspecified atom stereocenters. The molecule has 3 N–H and O–H groups in total. The third kappa shape index (κ3) is 2.73. The Hall–Kier alpha value is -3.47. The van der Waals surface area contributed by atoms with Crippen molar-refractivity contribution >= 4 is 17.3 Å². The van der Waals surface area contributed by atoms with Crippen LogP contribution in [0.4, 0.5) is 11.4 Å². The fraction of sp³-hybridized carbons (Fsp3) is 0.269. The van der Waals surface area contributed by atoms with Crippen molar-refractivity contribution in [1.82, 2.24) is 5.32 Å². The fourth-order valence-corrected chi connectivity index (χ4v) is 4.89. The Balaban J connectivity index is 1.84. The zero-order valence-electron chi connectivity index (χ0n) is 18.3.